The molecule has 1 atom stereocenters. The summed E-state index contributed by atoms with van der Waals surface area (Å²) in [5.41, 5.74) is 1.49. The van der Waals surface area contributed by atoms with E-state index >= 15 is 0 Å². The first-order valence-corrected chi connectivity index (χ1v) is 11.4. The van der Waals surface area contributed by atoms with Gasteiger partial charge in [-0.2, -0.15) is 0 Å². The number of hydrogen-bond donors (Lipinski definition) is 2. The number of carbonyl (C=O) groups is 2. The van der Waals surface area contributed by atoms with E-state index in [4.69, 9.17) is 16.3 Å². The third-order valence-corrected chi connectivity index (χ3v) is 6.71. The number of benzene rings is 2. The fraction of sp³-hybridized carbons (Fsp3) is 0.208. The number of aliphatic hydroxyl groups is 1. The van der Waals surface area contributed by atoms with Crippen LogP contribution in [0.4, 0.5) is 5.13 Å². The molecule has 1 aliphatic heterocycles. The first-order valence-electron chi connectivity index (χ1n) is 10.2. The highest BCUT2D eigenvalue weighted by atomic mass is 35.5. The Labute approximate surface area is 199 Å². The van der Waals surface area contributed by atoms with E-state index < -0.39 is 17.7 Å². The number of phenolic OH excluding ortho intramolecular Hbond substituents is 1. The van der Waals surface area contributed by atoms with E-state index in [9.17, 15) is 19.8 Å². The Morgan fingerprint density at radius 1 is 1.18 bits per heavy atom. The molecule has 1 saturated heterocycles. The third kappa shape index (κ3) is 4.07. The summed E-state index contributed by atoms with van der Waals surface area (Å²) in [5, 5.41) is 22.1. The van der Waals surface area contributed by atoms with Gasteiger partial charge in [-0.05, 0) is 62.7 Å². The third-order valence-electron chi connectivity index (χ3n) is 5.38. The molecule has 170 valence electrons. The Bertz CT molecular complexity index is 1260. The van der Waals surface area contributed by atoms with Crippen molar-refractivity contribution in [3.63, 3.8) is 0 Å². The van der Waals surface area contributed by atoms with Gasteiger partial charge in [0.05, 0.1) is 23.9 Å². The number of aromatic nitrogens is 1. The number of amides is 1. The van der Waals surface area contributed by atoms with Gasteiger partial charge in [0.1, 0.15) is 5.76 Å². The van der Waals surface area contributed by atoms with Crippen molar-refractivity contribution in [2.24, 2.45) is 0 Å². The minimum Gasteiger partial charge on any atom is -0.507 e. The van der Waals surface area contributed by atoms with Crippen LogP contribution < -0.4 is 9.64 Å². The molecule has 0 radical (unpaired) electrons. The number of ether oxygens (including phenoxy) is 1. The largest absolute Gasteiger partial charge is 0.507 e. The zero-order valence-corrected chi connectivity index (χ0v) is 19.7. The molecular weight excluding hydrogens is 464 g/mol. The molecule has 4 rings (SSSR count). The second kappa shape index (κ2) is 8.88. The number of anilines is 1. The highest BCUT2D eigenvalue weighted by Gasteiger charge is 2.48. The van der Waals surface area contributed by atoms with Gasteiger partial charge in [0, 0.05) is 15.5 Å². The number of nitrogens with zero attached hydrogens (tertiary/aromatic N) is 2. The number of Topliss-reactive ketones (excluding diaryl/α,β-unsaturated/α-hetero) is 1. The summed E-state index contributed by atoms with van der Waals surface area (Å²) in [6, 6.07) is 9.93. The number of thiazole rings is 1. The monoisotopic (exact) mass is 484 g/mol. The maximum atomic E-state index is 13.2. The van der Waals surface area contributed by atoms with Gasteiger partial charge in [0.25, 0.3) is 5.78 Å². The van der Waals surface area contributed by atoms with Crippen molar-refractivity contribution in [1.82, 2.24) is 4.98 Å². The quantitative estimate of drug-likeness (QED) is 0.295. The molecule has 9 heteroatoms. The van der Waals surface area contributed by atoms with Gasteiger partial charge in [-0.1, -0.05) is 17.7 Å². The molecule has 2 aromatic carbocycles. The molecule has 1 amide bonds. The predicted octanol–water partition coefficient (Wildman–Crippen LogP) is 5.14. The first kappa shape index (κ1) is 22.8. The number of rotatable bonds is 5. The smallest absolute Gasteiger partial charge is 0.301 e. The molecule has 2 heterocycles. The lowest BCUT2D eigenvalue weighted by atomic mass is 9.95. The molecule has 1 aromatic heterocycles. The van der Waals surface area contributed by atoms with Gasteiger partial charge < -0.3 is 14.9 Å². The Morgan fingerprint density at radius 3 is 2.48 bits per heavy atom. The van der Waals surface area contributed by atoms with E-state index in [1.54, 1.807) is 43.3 Å². The number of aliphatic hydroxyl groups excluding tert-OH is 1. The molecule has 0 spiro atoms. The average molecular weight is 485 g/mol. The molecule has 33 heavy (non-hydrogen) atoms. The van der Waals surface area contributed by atoms with Crippen LogP contribution in [0, 0.1) is 13.8 Å². The number of aryl methyl sites for hydroxylation is 2. The Kier molecular flexibility index (Phi) is 6.14. The van der Waals surface area contributed by atoms with Crippen LogP contribution in [0.25, 0.3) is 5.76 Å². The van der Waals surface area contributed by atoms with Gasteiger partial charge in [0.2, 0.25) is 0 Å². The second-order valence-electron chi connectivity index (χ2n) is 7.47. The topological polar surface area (TPSA) is 100.0 Å². The second-order valence-corrected chi connectivity index (χ2v) is 9.09. The van der Waals surface area contributed by atoms with Crippen molar-refractivity contribution in [2.45, 2.75) is 26.8 Å². The first-order chi connectivity index (χ1) is 15.7. The summed E-state index contributed by atoms with van der Waals surface area (Å²) >= 11 is 7.25. The SMILES string of the molecule is CCOc1cc([C@H]2/C(=C(\O)c3ccc(Cl)cc3)C(=O)C(=O)N2c2nc(C)c(C)s2)ccc1O. The lowest BCUT2D eigenvalue weighted by molar-refractivity contribution is -0.132. The molecule has 2 N–H and O–H groups in total. The molecule has 0 unspecified atom stereocenters. The van der Waals surface area contributed by atoms with Gasteiger partial charge >= 0.3 is 5.91 Å². The number of ketones is 1. The van der Waals surface area contributed by atoms with Crippen molar-refractivity contribution in [3.8, 4) is 11.5 Å². The minimum absolute atomic E-state index is 0.0730. The van der Waals surface area contributed by atoms with Crippen molar-refractivity contribution < 1.29 is 24.5 Å². The summed E-state index contributed by atoms with van der Waals surface area (Å²) in [6.07, 6.45) is 0. The Morgan fingerprint density at radius 2 is 1.88 bits per heavy atom. The lowest BCUT2D eigenvalue weighted by Crippen LogP contribution is -2.29. The highest BCUT2D eigenvalue weighted by Crippen LogP contribution is 2.45. The number of phenols is 1. The summed E-state index contributed by atoms with van der Waals surface area (Å²) < 4.78 is 5.50. The van der Waals surface area contributed by atoms with Crippen LogP contribution in [-0.4, -0.2) is 33.5 Å². The standard InChI is InChI=1S/C24H21ClN2O5S/c1-4-32-18-11-15(7-10-17(18)28)20-19(21(29)14-5-8-16(25)9-6-14)22(30)23(31)27(20)24-26-12(2)13(3)33-24/h5-11,20,28-29H,4H2,1-3H3/b21-19+/t20-/m0/s1. The summed E-state index contributed by atoms with van der Waals surface area (Å²) in [6.45, 7) is 5.79. The Hall–Kier alpha value is -3.36. The molecular formula is C24H21ClN2O5S. The number of hydrogen-bond acceptors (Lipinski definition) is 7. The summed E-state index contributed by atoms with van der Waals surface area (Å²) in [4.78, 5) is 33.0. The van der Waals surface area contributed by atoms with Crippen LogP contribution in [0.15, 0.2) is 48.0 Å². The van der Waals surface area contributed by atoms with Gasteiger partial charge in [-0.3, -0.25) is 14.5 Å². The lowest BCUT2D eigenvalue weighted by Gasteiger charge is -2.23. The summed E-state index contributed by atoms with van der Waals surface area (Å²) in [7, 11) is 0. The molecule has 0 aliphatic carbocycles. The fourth-order valence-electron chi connectivity index (χ4n) is 3.64. The van der Waals surface area contributed by atoms with Gasteiger partial charge in [-0.15, -0.1) is 11.3 Å². The maximum Gasteiger partial charge on any atom is 0.301 e. The predicted molar refractivity (Wildman–Crippen MR) is 127 cm³/mol. The molecule has 7 nitrogen and oxygen atoms in total. The average Bonchev–Trinajstić information content (AvgIpc) is 3.25. The van der Waals surface area contributed by atoms with Crippen molar-refractivity contribution in [1.29, 1.82) is 0 Å². The molecule has 3 aromatic rings. The van der Waals surface area contributed by atoms with Gasteiger partial charge in [0.15, 0.2) is 16.6 Å². The normalized spacial score (nSPS) is 17.6. The van der Waals surface area contributed by atoms with Crippen LogP contribution in [-0.2, 0) is 9.59 Å². The van der Waals surface area contributed by atoms with Gasteiger partial charge in [-0.25, -0.2) is 4.98 Å². The van der Waals surface area contributed by atoms with Crippen LogP contribution in [0.5, 0.6) is 11.5 Å². The van der Waals surface area contributed by atoms with Crippen molar-refractivity contribution in [3.05, 3.63) is 74.8 Å². The Balaban J connectivity index is 1.96. The van der Waals surface area contributed by atoms with Crippen LogP contribution in [0.1, 0.15) is 34.7 Å². The molecule has 0 saturated carbocycles. The molecule has 0 bridgehead atoms. The summed E-state index contributed by atoms with van der Waals surface area (Å²) in [5.74, 6) is -1.82. The molecule has 1 fully saturated rings. The fourth-order valence-corrected chi connectivity index (χ4v) is 4.70. The zero-order valence-electron chi connectivity index (χ0n) is 18.1. The van der Waals surface area contributed by atoms with Crippen molar-refractivity contribution >= 4 is 45.5 Å². The molecule has 1 aliphatic rings. The number of aromatic hydroxyl groups is 1. The van der Waals surface area contributed by atoms with E-state index in [0.29, 0.717) is 27.9 Å². The van der Waals surface area contributed by atoms with Crippen molar-refractivity contribution in [2.75, 3.05) is 11.5 Å². The zero-order chi connectivity index (χ0) is 23.9. The van der Waals surface area contributed by atoms with Crippen LogP contribution >= 0.6 is 22.9 Å². The minimum atomic E-state index is -0.967. The van der Waals surface area contributed by atoms with Crippen LogP contribution in [0.2, 0.25) is 5.02 Å². The van der Waals surface area contributed by atoms with Crippen LogP contribution in [0.3, 0.4) is 0 Å². The maximum absolute atomic E-state index is 13.2. The number of halogens is 1. The number of carbonyl (C=O) groups excluding carboxylic acids is 2. The highest BCUT2D eigenvalue weighted by molar-refractivity contribution is 7.16. The van der Waals surface area contributed by atoms with E-state index in [0.717, 1.165) is 10.6 Å². The van der Waals surface area contributed by atoms with E-state index in [1.165, 1.54) is 22.3 Å². The van der Waals surface area contributed by atoms with E-state index in [-0.39, 0.29) is 22.8 Å². The van der Waals surface area contributed by atoms with E-state index in [2.05, 4.69) is 4.98 Å². The van der Waals surface area contributed by atoms with E-state index in [1.807, 2.05) is 13.8 Å².